The van der Waals surface area contributed by atoms with Gasteiger partial charge in [0.05, 0.1) is 13.2 Å². The number of ether oxygens (including phenoxy) is 2. The molecule has 1 aromatic carbocycles. The SMILES string of the molecule is CCCOC(=O)[C@H](C)NP(=O)(OC[C@H]1OC(n2ccc(=O)[nH]c2=O)[C@](C)(F)[C@@H]1O)Oc1ccccc1. The van der Waals surface area contributed by atoms with E-state index >= 15 is 4.39 Å². The van der Waals surface area contributed by atoms with Gasteiger partial charge in [-0.15, -0.1) is 0 Å². The molecule has 0 amide bonds. The highest BCUT2D eigenvalue weighted by Gasteiger charge is 2.55. The van der Waals surface area contributed by atoms with Gasteiger partial charge in [-0.3, -0.25) is 23.7 Å². The number of alkyl halides is 1. The van der Waals surface area contributed by atoms with Gasteiger partial charge in [-0.05, 0) is 32.4 Å². The van der Waals surface area contributed by atoms with Gasteiger partial charge in [0, 0.05) is 12.3 Å². The summed E-state index contributed by atoms with van der Waals surface area (Å²) in [5.41, 5.74) is -4.11. The normalized spacial score (nSPS) is 26.2. The highest BCUT2D eigenvalue weighted by molar-refractivity contribution is 7.52. The van der Waals surface area contributed by atoms with Crippen LogP contribution in [0.3, 0.4) is 0 Å². The predicted octanol–water partition coefficient (Wildman–Crippen LogP) is 1.66. The van der Waals surface area contributed by atoms with E-state index in [1.165, 1.54) is 19.1 Å². The molecule has 1 fully saturated rings. The number of aliphatic hydroxyl groups is 1. The number of nitrogens with one attached hydrogen (secondary N) is 2. The molecule has 1 saturated heterocycles. The van der Waals surface area contributed by atoms with Crippen molar-refractivity contribution in [3.8, 4) is 5.75 Å². The van der Waals surface area contributed by atoms with E-state index in [9.17, 15) is 24.1 Å². The quantitative estimate of drug-likeness (QED) is 0.289. The van der Waals surface area contributed by atoms with Crippen molar-refractivity contribution in [1.29, 1.82) is 0 Å². The van der Waals surface area contributed by atoms with Crippen LogP contribution in [0.15, 0.2) is 52.2 Å². The molecule has 36 heavy (non-hydrogen) atoms. The van der Waals surface area contributed by atoms with Crippen molar-refractivity contribution in [2.45, 2.75) is 57.3 Å². The van der Waals surface area contributed by atoms with Crippen LogP contribution in [0.25, 0.3) is 0 Å². The number of aliphatic hydroxyl groups excluding tert-OH is 1. The minimum Gasteiger partial charge on any atom is -0.465 e. The van der Waals surface area contributed by atoms with Gasteiger partial charge in [0.1, 0.15) is 24.0 Å². The van der Waals surface area contributed by atoms with Crippen LogP contribution in [-0.2, 0) is 23.4 Å². The molecular weight excluding hydrogens is 500 g/mol. The third-order valence-corrected chi connectivity index (χ3v) is 7.00. The first kappa shape index (κ1) is 27.8. The number of aromatic amines is 1. The fraction of sp³-hybridized carbons (Fsp3) is 0.500. The second-order valence-electron chi connectivity index (χ2n) is 8.36. The van der Waals surface area contributed by atoms with Gasteiger partial charge in [0.2, 0.25) is 0 Å². The molecule has 3 rings (SSSR count). The third-order valence-electron chi connectivity index (χ3n) is 5.35. The van der Waals surface area contributed by atoms with Crippen LogP contribution in [0.2, 0.25) is 0 Å². The first-order valence-electron chi connectivity index (χ1n) is 11.2. The minimum absolute atomic E-state index is 0.156. The van der Waals surface area contributed by atoms with Gasteiger partial charge >= 0.3 is 19.4 Å². The predicted molar refractivity (Wildman–Crippen MR) is 125 cm³/mol. The zero-order chi connectivity index (χ0) is 26.5. The first-order chi connectivity index (χ1) is 17.0. The molecule has 0 radical (unpaired) electrons. The molecule has 2 heterocycles. The summed E-state index contributed by atoms with van der Waals surface area (Å²) in [4.78, 5) is 37.7. The Morgan fingerprint density at radius 2 is 2.03 bits per heavy atom. The lowest BCUT2D eigenvalue weighted by Crippen LogP contribution is -2.43. The van der Waals surface area contributed by atoms with E-state index in [0.717, 1.165) is 23.8 Å². The maximum atomic E-state index is 15.4. The Bertz CT molecular complexity index is 1200. The highest BCUT2D eigenvalue weighted by Crippen LogP contribution is 2.47. The number of halogens is 1. The molecule has 0 bridgehead atoms. The molecule has 3 N–H and O–H groups in total. The lowest BCUT2D eigenvalue weighted by atomic mass is 9.98. The van der Waals surface area contributed by atoms with E-state index in [2.05, 4.69) is 5.09 Å². The second-order valence-corrected chi connectivity index (χ2v) is 10.1. The number of carbonyl (C=O) groups excluding carboxylic acids is 1. The Balaban J connectivity index is 1.78. The average molecular weight is 529 g/mol. The Morgan fingerprint density at radius 3 is 2.67 bits per heavy atom. The average Bonchev–Trinajstić information content (AvgIpc) is 3.05. The van der Waals surface area contributed by atoms with Gasteiger partial charge in [-0.1, -0.05) is 25.1 Å². The summed E-state index contributed by atoms with van der Waals surface area (Å²) in [6.07, 6.45) is -3.19. The fourth-order valence-electron chi connectivity index (χ4n) is 3.46. The molecule has 12 nitrogen and oxygen atoms in total. The molecule has 1 aliphatic rings. The molecule has 0 saturated carbocycles. The largest absolute Gasteiger partial charge is 0.465 e. The number of aromatic nitrogens is 2. The molecule has 2 unspecified atom stereocenters. The summed E-state index contributed by atoms with van der Waals surface area (Å²) in [7, 11) is -4.29. The van der Waals surface area contributed by atoms with Gasteiger partial charge < -0.3 is 19.1 Å². The molecule has 1 aliphatic heterocycles. The zero-order valence-electron chi connectivity index (χ0n) is 20.0. The van der Waals surface area contributed by atoms with Crippen molar-refractivity contribution in [3.05, 3.63) is 63.4 Å². The number of hydrogen-bond acceptors (Lipinski definition) is 9. The summed E-state index contributed by atoms with van der Waals surface area (Å²) in [6.45, 7) is 3.77. The standard InChI is InChI=1S/C22H29FN3O9P/c1-4-12-32-19(29)14(2)25-36(31,35-15-8-6-5-7-9-15)33-13-16-18(28)22(3,23)20(34-16)26-11-10-17(27)24-21(26)30/h5-11,14,16,18,20,28H,4,12-13H2,1-3H3,(H,25,31)(H,24,27,30)/t14-,16+,18+,20?,22+,36?/m0/s1. The topological polar surface area (TPSA) is 158 Å². The molecule has 6 atom stereocenters. The van der Waals surface area contributed by atoms with Crippen LogP contribution in [0.5, 0.6) is 5.75 Å². The summed E-state index contributed by atoms with van der Waals surface area (Å²) in [5.74, 6) is -0.535. The van der Waals surface area contributed by atoms with Gasteiger partial charge in [0.25, 0.3) is 5.56 Å². The van der Waals surface area contributed by atoms with Crippen LogP contribution in [0.4, 0.5) is 4.39 Å². The number of H-pyrrole nitrogens is 1. The van der Waals surface area contributed by atoms with Crippen LogP contribution < -0.4 is 20.9 Å². The van der Waals surface area contributed by atoms with E-state index < -0.39 is 61.7 Å². The van der Waals surface area contributed by atoms with E-state index in [1.807, 2.05) is 11.9 Å². The monoisotopic (exact) mass is 529 g/mol. The summed E-state index contributed by atoms with van der Waals surface area (Å²) < 4.78 is 51.3. The number of nitrogens with zero attached hydrogens (tertiary/aromatic N) is 1. The van der Waals surface area contributed by atoms with E-state index in [4.69, 9.17) is 18.5 Å². The Kier molecular flexibility index (Phi) is 8.85. The lowest BCUT2D eigenvalue weighted by molar-refractivity contribution is -0.145. The molecule has 0 aliphatic carbocycles. The summed E-state index contributed by atoms with van der Waals surface area (Å²) >= 11 is 0. The van der Waals surface area contributed by atoms with Crippen molar-refractivity contribution in [1.82, 2.24) is 14.6 Å². The summed E-state index contributed by atoms with van der Waals surface area (Å²) in [6, 6.07) is 7.89. The zero-order valence-corrected chi connectivity index (χ0v) is 20.9. The van der Waals surface area contributed by atoms with E-state index in [-0.39, 0.29) is 12.4 Å². The Labute approximate surface area is 205 Å². The number of benzene rings is 1. The van der Waals surface area contributed by atoms with Gasteiger partial charge in [-0.25, -0.2) is 13.8 Å². The molecular formula is C22H29FN3O9P. The maximum Gasteiger partial charge on any atom is 0.459 e. The number of esters is 1. The Hall–Kier alpha value is -2.83. The fourth-order valence-corrected chi connectivity index (χ4v) is 4.96. The lowest BCUT2D eigenvalue weighted by Gasteiger charge is -2.25. The van der Waals surface area contributed by atoms with Crippen LogP contribution >= 0.6 is 7.75 Å². The number of hydrogen-bond donors (Lipinski definition) is 3. The van der Waals surface area contributed by atoms with E-state index in [0.29, 0.717) is 6.42 Å². The van der Waals surface area contributed by atoms with Crippen LogP contribution in [-0.4, -0.2) is 57.8 Å². The smallest absolute Gasteiger partial charge is 0.459 e. The number of para-hydroxylation sites is 1. The van der Waals surface area contributed by atoms with Crippen molar-refractivity contribution >= 4 is 13.7 Å². The van der Waals surface area contributed by atoms with Crippen molar-refractivity contribution in [2.75, 3.05) is 13.2 Å². The number of rotatable bonds is 11. The maximum absolute atomic E-state index is 15.4. The second kappa shape index (κ2) is 11.5. The molecule has 198 valence electrons. The molecule has 14 heteroatoms. The van der Waals surface area contributed by atoms with Gasteiger partial charge in [-0.2, -0.15) is 5.09 Å². The first-order valence-corrected chi connectivity index (χ1v) is 12.8. The van der Waals surface area contributed by atoms with Crippen molar-refractivity contribution < 1.29 is 37.4 Å². The van der Waals surface area contributed by atoms with Gasteiger partial charge in [0.15, 0.2) is 11.9 Å². The van der Waals surface area contributed by atoms with Crippen LogP contribution in [0, 0.1) is 0 Å². The van der Waals surface area contributed by atoms with Crippen LogP contribution in [0.1, 0.15) is 33.4 Å². The highest BCUT2D eigenvalue weighted by atomic mass is 31.2. The molecule has 0 spiro atoms. The van der Waals surface area contributed by atoms with Crippen molar-refractivity contribution in [2.24, 2.45) is 0 Å². The van der Waals surface area contributed by atoms with Crippen molar-refractivity contribution in [3.63, 3.8) is 0 Å². The third kappa shape index (κ3) is 6.48. The summed E-state index contributed by atoms with van der Waals surface area (Å²) in [5, 5.41) is 13.0. The molecule has 1 aromatic heterocycles. The Morgan fingerprint density at radius 1 is 1.33 bits per heavy atom. The molecule has 2 aromatic rings. The minimum atomic E-state index is -4.29. The number of carbonyl (C=O) groups is 1. The van der Waals surface area contributed by atoms with E-state index in [1.54, 1.807) is 18.2 Å².